The lowest BCUT2D eigenvalue weighted by atomic mass is 9.89. The highest BCUT2D eigenvalue weighted by Crippen LogP contribution is 2.48. The highest BCUT2D eigenvalue weighted by Gasteiger charge is 2.22. The van der Waals surface area contributed by atoms with Crippen LogP contribution in [0.2, 0.25) is 0 Å². The summed E-state index contributed by atoms with van der Waals surface area (Å²) < 4.78 is 2.38. The van der Waals surface area contributed by atoms with Crippen molar-refractivity contribution in [1.29, 1.82) is 0 Å². The number of benzene rings is 6. The van der Waals surface area contributed by atoms with Crippen LogP contribution in [0.5, 0.6) is 0 Å². The fourth-order valence-electron chi connectivity index (χ4n) is 6.18. The summed E-state index contributed by atoms with van der Waals surface area (Å²) in [6, 6.07) is 35.3. The van der Waals surface area contributed by atoms with Crippen LogP contribution in [-0.2, 0) is 7.05 Å². The molecule has 0 bridgehead atoms. The van der Waals surface area contributed by atoms with Crippen LogP contribution in [0.4, 0.5) is 0 Å². The molecule has 0 atom stereocenters. The zero-order chi connectivity index (χ0) is 21.7. The Morgan fingerprint density at radius 2 is 1.06 bits per heavy atom. The Labute approximate surface area is 189 Å². The lowest BCUT2D eigenvalue weighted by Crippen LogP contribution is -1.90. The van der Waals surface area contributed by atoms with Crippen LogP contribution in [0, 0.1) is 0 Å². The Balaban J connectivity index is 1.90. The highest BCUT2D eigenvalue weighted by atomic mass is 14.9. The molecule has 0 aliphatic heterocycles. The molecule has 8 aromatic rings. The van der Waals surface area contributed by atoms with Crippen molar-refractivity contribution in [1.82, 2.24) is 9.55 Å². The Morgan fingerprint density at radius 3 is 1.85 bits per heavy atom. The van der Waals surface area contributed by atoms with E-state index in [2.05, 4.69) is 114 Å². The van der Waals surface area contributed by atoms with Gasteiger partial charge in [-0.05, 0) is 28.3 Å². The van der Waals surface area contributed by atoms with Gasteiger partial charge in [-0.3, -0.25) is 0 Å². The summed E-state index contributed by atoms with van der Waals surface area (Å²) in [6.45, 7) is 0. The van der Waals surface area contributed by atoms with E-state index in [1.807, 2.05) is 0 Å². The topological polar surface area (TPSA) is 20.7 Å². The summed E-state index contributed by atoms with van der Waals surface area (Å²) >= 11 is 0. The van der Waals surface area contributed by atoms with Gasteiger partial charge < -0.3 is 9.55 Å². The number of para-hydroxylation sites is 2. The molecule has 0 fully saturated rings. The lowest BCUT2D eigenvalue weighted by Gasteiger charge is -2.14. The molecule has 0 saturated carbocycles. The van der Waals surface area contributed by atoms with E-state index in [4.69, 9.17) is 0 Å². The molecule has 8 rings (SSSR count). The fraction of sp³-hybridized carbons (Fsp3) is 0.0323. The van der Waals surface area contributed by atoms with Crippen LogP contribution in [-0.4, -0.2) is 9.55 Å². The average Bonchev–Trinajstić information content (AvgIpc) is 3.40. The molecule has 2 heterocycles. The third-order valence-electron chi connectivity index (χ3n) is 7.48. The van der Waals surface area contributed by atoms with Crippen molar-refractivity contribution in [3.63, 3.8) is 0 Å². The predicted octanol–water partition coefficient (Wildman–Crippen LogP) is 8.43. The first-order chi connectivity index (χ1) is 16.3. The number of rotatable bonds is 0. The second kappa shape index (κ2) is 5.93. The molecule has 0 aliphatic rings. The quantitative estimate of drug-likeness (QED) is 0.238. The van der Waals surface area contributed by atoms with Gasteiger partial charge in [-0.2, -0.15) is 0 Å². The largest absolute Gasteiger partial charge is 0.354 e. The molecule has 6 aromatic carbocycles. The first-order valence-electron chi connectivity index (χ1n) is 11.5. The lowest BCUT2D eigenvalue weighted by molar-refractivity contribution is 1.02. The summed E-state index contributed by atoms with van der Waals surface area (Å²) in [5, 5.41) is 13.2. The standard InChI is InChI=1S/C31H20N2/c1-33-25-17-9-7-15-23(25)28-29-26(19-11-3-5-13-21(19)31(28)33)18-10-2-4-12-20(18)30-27(29)22-14-6-8-16-24(22)32-30/h2-17,32H,1H3. The number of nitrogens with zero attached hydrogens (tertiary/aromatic N) is 1. The SMILES string of the molecule is Cn1c2ccccc2c2c3c(c4ccccc4c4[nH]c5ccccc5c43)c3ccccc3c21. The van der Waals surface area contributed by atoms with Crippen molar-refractivity contribution < 1.29 is 0 Å². The molecule has 154 valence electrons. The maximum atomic E-state index is 3.77. The van der Waals surface area contributed by atoms with Crippen LogP contribution in [0.15, 0.2) is 97.1 Å². The third kappa shape index (κ3) is 2.00. The van der Waals surface area contributed by atoms with Gasteiger partial charge in [0.05, 0.1) is 11.0 Å². The molecule has 0 amide bonds. The Bertz CT molecular complexity index is 2090. The molecule has 1 N–H and O–H groups in total. The summed E-state index contributed by atoms with van der Waals surface area (Å²) in [5.41, 5.74) is 4.99. The number of fused-ring (bicyclic) bond motifs is 15. The fourth-order valence-corrected chi connectivity index (χ4v) is 6.18. The van der Waals surface area contributed by atoms with Gasteiger partial charge in [0, 0.05) is 55.8 Å². The zero-order valence-electron chi connectivity index (χ0n) is 18.2. The second-order valence-corrected chi connectivity index (χ2v) is 9.06. The molecule has 2 nitrogen and oxygen atoms in total. The van der Waals surface area contributed by atoms with Gasteiger partial charge in [0.15, 0.2) is 0 Å². The number of hydrogen-bond donors (Lipinski definition) is 1. The Kier molecular flexibility index (Phi) is 3.11. The van der Waals surface area contributed by atoms with Crippen LogP contribution in [0.1, 0.15) is 0 Å². The monoisotopic (exact) mass is 420 g/mol. The number of hydrogen-bond acceptors (Lipinski definition) is 0. The zero-order valence-corrected chi connectivity index (χ0v) is 18.2. The first kappa shape index (κ1) is 17.3. The van der Waals surface area contributed by atoms with Crippen molar-refractivity contribution in [2.75, 3.05) is 0 Å². The number of aryl methyl sites for hydroxylation is 1. The third-order valence-corrected chi connectivity index (χ3v) is 7.48. The van der Waals surface area contributed by atoms with E-state index in [1.54, 1.807) is 0 Å². The number of H-pyrrole nitrogens is 1. The Morgan fingerprint density at radius 1 is 0.485 bits per heavy atom. The molecule has 2 aromatic heterocycles. The predicted molar refractivity (Wildman–Crippen MR) is 142 cm³/mol. The van der Waals surface area contributed by atoms with Crippen molar-refractivity contribution in [2.45, 2.75) is 0 Å². The summed E-state index contributed by atoms with van der Waals surface area (Å²) in [7, 11) is 2.20. The summed E-state index contributed by atoms with van der Waals surface area (Å²) in [4.78, 5) is 3.77. The van der Waals surface area contributed by atoms with E-state index in [9.17, 15) is 0 Å². The summed E-state index contributed by atoms with van der Waals surface area (Å²) in [6.07, 6.45) is 0. The minimum Gasteiger partial charge on any atom is -0.354 e. The van der Waals surface area contributed by atoms with Gasteiger partial charge in [0.1, 0.15) is 0 Å². The molecule has 0 radical (unpaired) electrons. The van der Waals surface area contributed by atoms with Gasteiger partial charge in [-0.1, -0.05) is 84.9 Å². The molecule has 0 spiro atoms. The first-order valence-corrected chi connectivity index (χ1v) is 11.5. The molecule has 33 heavy (non-hydrogen) atoms. The molecular weight excluding hydrogens is 400 g/mol. The molecule has 0 aliphatic carbocycles. The number of aromatic nitrogens is 2. The van der Waals surface area contributed by atoms with Crippen LogP contribution in [0.3, 0.4) is 0 Å². The van der Waals surface area contributed by atoms with E-state index in [-0.39, 0.29) is 0 Å². The molecule has 0 unspecified atom stereocenters. The molecular formula is C31H20N2. The number of aromatic amines is 1. The smallest absolute Gasteiger partial charge is 0.0575 e. The summed E-state index contributed by atoms with van der Waals surface area (Å²) in [5.74, 6) is 0. The van der Waals surface area contributed by atoms with Crippen LogP contribution < -0.4 is 0 Å². The Hall–Kier alpha value is -4.30. The number of nitrogens with one attached hydrogen (secondary N) is 1. The van der Waals surface area contributed by atoms with E-state index >= 15 is 0 Å². The van der Waals surface area contributed by atoms with Crippen molar-refractivity contribution in [3.05, 3.63) is 97.1 Å². The normalized spacial score (nSPS) is 12.4. The molecule has 0 saturated heterocycles. The van der Waals surface area contributed by atoms with Gasteiger partial charge in [-0.25, -0.2) is 0 Å². The van der Waals surface area contributed by atoms with E-state index in [0.29, 0.717) is 0 Å². The second-order valence-electron chi connectivity index (χ2n) is 9.06. The van der Waals surface area contributed by atoms with Crippen LogP contribution in [0.25, 0.3) is 75.9 Å². The van der Waals surface area contributed by atoms with E-state index < -0.39 is 0 Å². The van der Waals surface area contributed by atoms with E-state index in [0.717, 1.165) is 0 Å². The van der Waals surface area contributed by atoms with Crippen LogP contribution >= 0.6 is 0 Å². The van der Waals surface area contributed by atoms with Gasteiger partial charge in [-0.15, -0.1) is 0 Å². The highest BCUT2D eigenvalue weighted by molar-refractivity contribution is 6.44. The maximum Gasteiger partial charge on any atom is 0.0575 e. The maximum absolute atomic E-state index is 3.77. The van der Waals surface area contributed by atoms with Gasteiger partial charge >= 0.3 is 0 Å². The minimum atomic E-state index is 1.19. The average molecular weight is 421 g/mol. The van der Waals surface area contributed by atoms with Crippen molar-refractivity contribution in [2.24, 2.45) is 7.05 Å². The minimum absolute atomic E-state index is 1.19. The molecule has 2 heteroatoms. The van der Waals surface area contributed by atoms with Gasteiger partial charge in [0.2, 0.25) is 0 Å². The van der Waals surface area contributed by atoms with Crippen molar-refractivity contribution in [3.8, 4) is 0 Å². The van der Waals surface area contributed by atoms with Crippen molar-refractivity contribution >= 4 is 75.9 Å². The van der Waals surface area contributed by atoms with E-state index in [1.165, 1.54) is 75.9 Å². The van der Waals surface area contributed by atoms with Gasteiger partial charge in [0.25, 0.3) is 0 Å².